The minimum absolute atomic E-state index is 0.0730. The summed E-state index contributed by atoms with van der Waals surface area (Å²) in [5, 5.41) is 4.23. The topological polar surface area (TPSA) is 78.8 Å². The van der Waals surface area contributed by atoms with E-state index in [0.717, 1.165) is 16.7 Å². The standard InChI is InChI=1S/C28H33N3O3S/c1-20-7-17-26(18-8-20)35(33,34)31(6)19-22-9-11-24(12-10-22)27(32)30-29-21(2)23-13-15-25(16-14-23)28(3,4)5/h7-18H,19H2,1-6H3,(H,30,32). The first-order chi connectivity index (χ1) is 16.4. The van der Waals surface area contributed by atoms with Gasteiger partial charge in [0.1, 0.15) is 0 Å². The van der Waals surface area contributed by atoms with Crippen LogP contribution in [0.25, 0.3) is 0 Å². The van der Waals surface area contributed by atoms with Crippen molar-refractivity contribution in [1.82, 2.24) is 9.73 Å². The normalized spacial score (nSPS) is 12.6. The lowest BCUT2D eigenvalue weighted by atomic mass is 9.86. The molecule has 0 aromatic heterocycles. The zero-order chi connectivity index (χ0) is 25.8. The lowest BCUT2D eigenvalue weighted by Gasteiger charge is -2.19. The molecule has 0 fully saturated rings. The van der Waals surface area contributed by atoms with Gasteiger partial charge in [0.25, 0.3) is 5.91 Å². The van der Waals surface area contributed by atoms with Gasteiger partial charge in [-0.05, 0) is 60.2 Å². The first kappa shape index (κ1) is 26.3. The predicted octanol–water partition coefficient (Wildman–Crippen LogP) is 5.27. The van der Waals surface area contributed by atoms with Crippen molar-refractivity contribution in [2.45, 2.75) is 51.5 Å². The summed E-state index contributed by atoms with van der Waals surface area (Å²) in [7, 11) is -2.06. The number of nitrogens with one attached hydrogen (secondary N) is 1. The smallest absolute Gasteiger partial charge is 0.267 e. The molecule has 0 heterocycles. The van der Waals surface area contributed by atoms with Gasteiger partial charge in [0, 0.05) is 19.2 Å². The number of aryl methyl sites for hydroxylation is 1. The van der Waals surface area contributed by atoms with E-state index in [0.29, 0.717) is 11.3 Å². The minimum Gasteiger partial charge on any atom is -0.267 e. The van der Waals surface area contributed by atoms with E-state index >= 15 is 0 Å². The molecule has 1 amide bonds. The number of amides is 1. The number of hydrazone groups is 1. The highest BCUT2D eigenvalue weighted by molar-refractivity contribution is 7.89. The van der Waals surface area contributed by atoms with E-state index < -0.39 is 10.0 Å². The third kappa shape index (κ3) is 6.65. The summed E-state index contributed by atoms with van der Waals surface area (Å²) in [4.78, 5) is 12.8. The summed E-state index contributed by atoms with van der Waals surface area (Å²) < 4.78 is 26.9. The average molecular weight is 492 g/mol. The fourth-order valence-corrected chi connectivity index (χ4v) is 4.63. The fraction of sp³-hybridized carbons (Fsp3) is 0.286. The van der Waals surface area contributed by atoms with Gasteiger partial charge >= 0.3 is 0 Å². The van der Waals surface area contributed by atoms with Gasteiger partial charge in [-0.15, -0.1) is 0 Å². The molecule has 0 aliphatic heterocycles. The Labute approximate surface area is 208 Å². The Morgan fingerprint density at radius 1 is 0.886 bits per heavy atom. The van der Waals surface area contributed by atoms with Crippen molar-refractivity contribution in [2.75, 3.05) is 7.05 Å². The van der Waals surface area contributed by atoms with E-state index in [1.165, 1.54) is 9.87 Å². The van der Waals surface area contributed by atoms with Gasteiger partial charge in [-0.25, -0.2) is 13.8 Å². The van der Waals surface area contributed by atoms with Gasteiger partial charge in [-0.1, -0.05) is 74.9 Å². The highest BCUT2D eigenvalue weighted by Crippen LogP contribution is 2.22. The monoisotopic (exact) mass is 491 g/mol. The second-order valence-corrected chi connectivity index (χ2v) is 11.8. The molecule has 3 rings (SSSR count). The molecule has 3 aromatic rings. The Hall–Kier alpha value is -3.29. The molecule has 184 valence electrons. The summed E-state index contributed by atoms with van der Waals surface area (Å²) in [5.41, 5.74) is 7.76. The molecule has 0 bridgehead atoms. The maximum Gasteiger partial charge on any atom is 0.271 e. The number of hydrogen-bond donors (Lipinski definition) is 1. The molecule has 0 saturated heterocycles. The van der Waals surface area contributed by atoms with Crippen LogP contribution in [0, 0.1) is 6.92 Å². The number of rotatable bonds is 7. The molecular formula is C28H33N3O3S. The lowest BCUT2D eigenvalue weighted by Crippen LogP contribution is -2.26. The zero-order valence-corrected chi connectivity index (χ0v) is 22.0. The second kappa shape index (κ2) is 10.5. The van der Waals surface area contributed by atoms with Crippen molar-refractivity contribution in [3.63, 3.8) is 0 Å². The van der Waals surface area contributed by atoms with Crippen molar-refractivity contribution >= 4 is 21.6 Å². The second-order valence-electron chi connectivity index (χ2n) is 9.74. The van der Waals surface area contributed by atoms with E-state index in [1.807, 2.05) is 26.0 Å². The van der Waals surface area contributed by atoms with Gasteiger partial charge in [0.15, 0.2) is 0 Å². The molecule has 1 N–H and O–H groups in total. The molecular weight excluding hydrogens is 458 g/mol. The molecule has 0 unspecified atom stereocenters. The Morgan fingerprint density at radius 3 is 1.97 bits per heavy atom. The number of benzene rings is 3. The SMILES string of the molecule is CC(=NNC(=O)c1ccc(CN(C)S(=O)(=O)c2ccc(C)cc2)cc1)c1ccc(C(C)(C)C)cc1. The van der Waals surface area contributed by atoms with Crippen LogP contribution < -0.4 is 5.43 Å². The van der Waals surface area contributed by atoms with Crippen LogP contribution in [0.2, 0.25) is 0 Å². The molecule has 0 aliphatic rings. The molecule has 0 radical (unpaired) electrons. The van der Waals surface area contributed by atoms with Crippen molar-refractivity contribution in [2.24, 2.45) is 5.10 Å². The summed E-state index contributed by atoms with van der Waals surface area (Å²) in [6.07, 6.45) is 0. The molecule has 35 heavy (non-hydrogen) atoms. The first-order valence-corrected chi connectivity index (χ1v) is 12.9. The van der Waals surface area contributed by atoms with Gasteiger partial charge in [0.05, 0.1) is 10.6 Å². The van der Waals surface area contributed by atoms with Crippen LogP contribution in [0.3, 0.4) is 0 Å². The summed E-state index contributed by atoms with van der Waals surface area (Å²) in [6.45, 7) is 10.4. The molecule has 6 nitrogen and oxygen atoms in total. The number of hydrogen-bond acceptors (Lipinski definition) is 4. The summed E-state index contributed by atoms with van der Waals surface area (Å²) in [5.74, 6) is -0.331. The van der Waals surface area contributed by atoms with Gasteiger partial charge < -0.3 is 0 Å². The van der Waals surface area contributed by atoms with Crippen LogP contribution in [-0.2, 0) is 22.0 Å². The van der Waals surface area contributed by atoms with E-state index in [4.69, 9.17) is 0 Å². The van der Waals surface area contributed by atoms with Crippen molar-refractivity contribution in [1.29, 1.82) is 0 Å². The van der Waals surface area contributed by atoms with Crippen LogP contribution in [0.5, 0.6) is 0 Å². The van der Waals surface area contributed by atoms with E-state index in [1.54, 1.807) is 55.6 Å². The number of nitrogens with zero attached hydrogens (tertiary/aromatic N) is 2. The van der Waals surface area contributed by atoms with Crippen LogP contribution in [0.4, 0.5) is 0 Å². The third-order valence-corrected chi connectivity index (χ3v) is 7.66. The molecule has 7 heteroatoms. The van der Waals surface area contributed by atoms with E-state index in [-0.39, 0.29) is 22.8 Å². The number of sulfonamides is 1. The maximum absolute atomic E-state index is 12.8. The van der Waals surface area contributed by atoms with Crippen LogP contribution in [0.1, 0.15) is 60.3 Å². The van der Waals surface area contributed by atoms with Crippen molar-refractivity contribution < 1.29 is 13.2 Å². The van der Waals surface area contributed by atoms with Crippen molar-refractivity contribution in [3.05, 3.63) is 101 Å². The molecule has 0 spiro atoms. The highest BCUT2D eigenvalue weighted by atomic mass is 32.2. The molecule has 0 atom stereocenters. The Balaban J connectivity index is 1.63. The summed E-state index contributed by atoms with van der Waals surface area (Å²) >= 11 is 0. The highest BCUT2D eigenvalue weighted by Gasteiger charge is 2.21. The van der Waals surface area contributed by atoms with E-state index in [9.17, 15) is 13.2 Å². The lowest BCUT2D eigenvalue weighted by molar-refractivity contribution is 0.0955. The van der Waals surface area contributed by atoms with Gasteiger partial charge in [-0.2, -0.15) is 9.41 Å². The molecule has 0 aliphatic carbocycles. The number of carbonyl (C=O) groups is 1. The van der Waals surface area contributed by atoms with Crippen molar-refractivity contribution in [3.8, 4) is 0 Å². The van der Waals surface area contributed by atoms with Crippen LogP contribution in [0.15, 0.2) is 82.8 Å². The fourth-order valence-electron chi connectivity index (χ4n) is 3.47. The Kier molecular flexibility index (Phi) is 7.93. The minimum atomic E-state index is -3.60. The average Bonchev–Trinajstić information content (AvgIpc) is 2.82. The third-order valence-electron chi connectivity index (χ3n) is 5.84. The van der Waals surface area contributed by atoms with E-state index in [2.05, 4.69) is 43.4 Å². The largest absolute Gasteiger partial charge is 0.271 e. The Morgan fingerprint density at radius 2 is 1.43 bits per heavy atom. The molecule has 3 aromatic carbocycles. The number of carbonyl (C=O) groups excluding carboxylic acids is 1. The Bertz CT molecular complexity index is 1300. The quantitative estimate of drug-likeness (QED) is 0.361. The van der Waals surface area contributed by atoms with Gasteiger partial charge in [-0.3, -0.25) is 4.79 Å². The first-order valence-electron chi connectivity index (χ1n) is 11.5. The molecule has 0 saturated carbocycles. The van der Waals surface area contributed by atoms with Crippen LogP contribution in [-0.4, -0.2) is 31.4 Å². The van der Waals surface area contributed by atoms with Gasteiger partial charge in [0.2, 0.25) is 10.0 Å². The summed E-state index contributed by atoms with van der Waals surface area (Å²) in [6, 6.07) is 21.7. The predicted molar refractivity (Wildman–Crippen MR) is 141 cm³/mol. The maximum atomic E-state index is 12.8. The van der Waals surface area contributed by atoms with Crippen LogP contribution >= 0.6 is 0 Å². The zero-order valence-electron chi connectivity index (χ0n) is 21.2.